The lowest BCUT2D eigenvalue weighted by atomic mass is 10.3. The molecule has 2 amide bonds. The van der Waals surface area contributed by atoms with Crippen LogP contribution >= 0.6 is 0 Å². The van der Waals surface area contributed by atoms with E-state index in [0.717, 1.165) is 12.1 Å². The van der Waals surface area contributed by atoms with Crippen molar-refractivity contribution in [2.45, 2.75) is 4.90 Å². The Labute approximate surface area is 166 Å². The maximum absolute atomic E-state index is 12.0. The molecule has 5 N–H and O–H groups in total. The van der Waals surface area contributed by atoms with Gasteiger partial charge in [-0.1, -0.05) is 0 Å². The molecule has 2 aromatic carbocycles. The standard InChI is InChI=1S/C15H17N5O7S2/c16-29(26,27)14-7-3-12(4-8-14)19-28(24,25)10-9-17-15(21)18-11-1-5-13(6-2-11)20(22)23/h1-8,19H,9-10H2,(H2,16,26,27)(H2,17,18,21). The monoisotopic (exact) mass is 443 g/mol. The predicted molar refractivity (Wildman–Crippen MR) is 105 cm³/mol. The number of nitrogens with zero attached hydrogens (tertiary/aromatic N) is 1. The number of nitro groups is 1. The molecular weight excluding hydrogens is 426 g/mol. The summed E-state index contributed by atoms with van der Waals surface area (Å²) in [5.74, 6) is -0.447. The Morgan fingerprint density at radius 1 is 0.966 bits per heavy atom. The van der Waals surface area contributed by atoms with E-state index in [1.54, 1.807) is 0 Å². The molecule has 0 spiro atoms. The van der Waals surface area contributed by atoms with Crippen LogP contribution in [0.2, 0.25) is 0 Å². The zero-order valence-corrected chi connectivity index (χ0v) is 16.4. The van der Waals surface area contributed by atoms with Crippen molar-refractivity contribution in [1.29, 1.82) is 0 Å². The van der Waals surface area contributed by atoms with Crippen molar-refractivity contribution in [3.05, 3.63) is 58.6 Å². The van der Waals surface area contributed by atoms with Gasteiger partial charge in [0.25, 0.3) is 5.69 Å². The van der Waals surface area contributed by atoms with Crippen molar-refractivity contribution < 1.29 is 26.6 Å². The molecule has 0 aliphatic carbocycles. The van der Waals surface area contributed by atoms with Gasteiger partial charge < -0.3 is 10.6 Å². The smallest absolute Gasteiger partial charge is 0.319 e. The summed E-state index contributed by atoms with van der Waals surface area (Å²) in [6.07, 6.45) is 0. The number of anilines is 2. The maximum atomic E-state index is 12.0. The first-order valence-electron chi connectivity index (χ1n) is 7.89. The topological polar surface area (TPSA) is 191 Å². The molecule has 2 rings (SSSR count). The van der Waals surface area contributed by atoms with Crippen LogP contribution in [0.25, 0.3) is 0 Å². The van der Waals surface area contributed by atoms with Gasteiger partial charge in [-0.05, 0) is 36.4 Å². The molecule has 0 bridgehead atoms. The largest absolute Gasteiger partial charge is 0.337 e. The van der Waals surface area contributed by atoms with Crippen molar-refractivity contribution in [3.63, 3.8) is 0 Å². The molecule has 0 atom stereocenters. The van der Waals surface area contributed by atoms with Crippen LogP contribution in [0.3, 0.4) is 0 Å². The minimum Gasteiger partial charge on any atom is -0.337 e. The normalized spacial score (nSPS) is 11.5. The minimum atomic E-state index is -3.88. The van der Waals surface area contributed by atoms with Crippen LogP contribution in [0.5, 0.6) is 0 Å². The summed E-state index contributed by atoms with van der Waals surface area (Å²) in [5.41, 5.74) is 0.293. The van der Waals surface area contributed by atoms with Crippen molar-refractivity contribution in [2.75, 3.05) is 22.3 Å². The third-order valence-corrected chi connectivity index (χ3v) is 5.67. The fourth-order valence-corrected chi connectivity index (χ4v) is 3.57. The zero-order chi connectivity index (χ0) is 21.7. The maximum Gasteiger partial charge on any atom is 0.319 e. The highest BCUT2D eigenvalue weighted by molar-refractivity contribution is 7.92. The third kappa shape index (κ3) is 7.02. The molecule has 0 unspecified atom stereocenters. The number of sulfonamides is 2. The average Bonchev–Trinajstić information content (AvgIpc) is 2.61. The molecule has 0 aliphatic rings. The summed E-state index contributed by atoms with van der Waals surface area (Å²) in [7, 11) is -7.70. The first-order chi connectivity index (χ1) is 13.5. The average molecular weight is 443 g/mol. The van der Waals surface area contributed by atoms with Crippen LogP contribution in [0.15, 0.2) is 53.4 Å². The SMILES string of the molecule is NS(=O)(=O)c1ccc(NS(=O)(=O)CCNC(=O)Nc2ccc([N+](=O)[O-])cc2)cc1. The summed E-state index contributed by atoms with van der Waals surface area (Å²) in [5, 5.41) is 20.3. The van der Waals surface area contributed by atoms with Gasteiger partial charge in [0.05, 0.1) is 15.6 Å². The molecule has 12 nitrogen and oxygen atoms in total. The highest BCUT2D eigenvalue weighted by Crippen LogP contribution is 2.15. The van der Waals surface area contributed by atoms with Crippen LogP contribution in [-0.2, 0) is 20.0 Å². The Morgan fingerprint density at radius 3 is 2.03 bits per heavy atom. The fourth-order valence-electron chi connectivity index (χ4n) is 2.08. The Morgan fingerprint density at radius 2 is 1.52 bits per heavy atom. The molecular formula is C15H17N5O7S2. The van der Waals surface area contributed by atoms with Crippen molar-refractivity contribution in [3.8, 4) is 0 Å². The van der Waals surface area contributed by atoms with Gasteiger partial charge in [0.1, 0.15) is 0 Å². The van der Waals surface area contributed by atoms with Crippen molar-refractivity contribution in [2.24, 2.45) is 5.14 Å². The van der Waals surface area contributed by atoms with Gasteiger partial charge in [0.2, 0.25) is 20.0 Å². The second-order valence-electron chi connectivity index (χ2n) is 5.68. The predicted octanol–water partition coefficient (Wildman–Crippen LogP) is 0.806. The first kappa shape index (κ1) is 22.1. The van der Waals surface area contributed by atoms with Gasteiger partial charge in [-0.25, -0.2) is 26.8 Å². The van der Waals surface area contributed by atoms with Crippen LogP contribution in [-0.4, -0.2) is 40.1 Å². The number of primary sulfonamides is 1. The second kappa shape index (κ2) is 8.85. The van der Waals surface area contributed by atoms with E-state index >= 15 is 0 Å². The summed E-state index contributed by atoms with van der Waals surface area (Å²) in [6, 6.07) is 9.20. The van der Waals surface area contributed by atoms with Crippen LogP contribution in [0, 0.1) is 10.1 Å². The van der Waals surface area contributed by atoms with E-state index in [4.69, 9.17) is 5.14 Å². The Balaban J connectivity index is 1.83. The van der Waals surface area contributed by atoms with Gasteiger partial charge in [-0.3, -0.25) is 14.8 Å². The molecule has 0 radical (unpaired) electrons. The number of carbonyl (C=O) groups excluding carboxylic acids is 1. The van der Waals surface area contributed by atoms with Crippen LogP contribution in [0.1, 0.15) is 0 Å². The van der Waals surface area contributed by atoms with Crippen LogP contribution < -0.4 is 20.5 Å². The number of nitrogens with two attached hydrogens (primary N) is 1. The van der Waals surface area contributed by atoms with Gasteiger partial charge in [-0.2, -0.15) is 0 Å². The minimum absolute atomic E-state index is 0.132. The lowest BCUT2D eigenvalue weighted by molar-refractivity contribution is -0.384. The second-order valence-corrected chi connectivity index (χ2v) is 9.08. The molecule has 14 heteroatoms. The molecule has 2 aromatic rings. The number of rotatable bonds is 8. The molecule has 0 heterocycles. The number of benzene rings is 2. The van der Waals surface area contributed by atoms with Crippen molar-refractivity contribution >= 4 is 43.1 Å². The quantitative estimate of drug-likeness (QED) is 0.342. The summed E-state index contributed by atoms with van der Waals surface area (Å²) in [4.78, 5) is 21.6. The lowest BCUT2D eigenvalue weighted by Crippen LogP contribution is -2.34. The van der Waals surface area contributed by atoms with E-state index in [2.05, 4.69) is 15.4 Å². The van der Waals surface area contributed by atoms with E-state index in [1.165, 1.54) is 36.4 Å². The molecule has 29 heavy (non-hydrogen) atoms. The first-order valence-corrected chi connectivity index (χ1v) is 11.1. The number of hydrogen-bond donors (Lipinski definition) is 4. The van der Waals surface area contributed by atoms with E-state index in [9.17, 15) is 31.7 Å². The molecule has 0 saturated carbocycles. The number of urea groups is 1. The molecule has 156 valence electrons. The molecule has 0 aromatic heterocycles. The summed E-state index contributed by atoms with van der Waals surface area (Å²) in [6.45, 7) is -0.219. The van der Waals surface area contributed by atoms with Crippen molar-refractivity contribution in [1.82, 2.24) is 5.32 Å². The number of hydrogen-bond acceptors (Lipinski definition) is 7. The highest BCUT2D eigenvalue weighted by atomic mass is 32.2. The number of non-ortho nitro benzene ring substituents is 1. The third-order valence-electron chi connectivity index (χ3n) is 3.45. The molecule has 0 aliphatic heterocycles. The van der Waals surface area contributed by atoms with E-state index in [-0.39, 0.29) is 22.8 Å². The van der Waals surface area contributed by atoms with E-state index in [0.29, 0.717) is 5.69 Å². The Bertz CT molecular complexity index is 1100. The summed E-state index contributed by atoms with van der Waals surface area (Å²) < 4.78 is 48.7. The molecule has 0 fully saturated rings. The van der Waals surface area contributed by atoms with E-state index in [1.807, 2.05) is 0 Å². The number of amides is 2. The fraction of sp³-hybridized carbons (Fsp3) is 0.133. The van der Waals surface area contributed by atoms with Gasteiger partial charge in [-0.15, -0.1) is 0 Å². The number of nitrogens with one attached hydrogen (secondary N) is 3. The lowest BCUT2D eigenvalue weighted by Gasteiger charge is -2.10. The Kier molecular flexibility index (Phi) is 6.73. The van der Waals surface area contributed by atoms with Crippen LogP contribution in [0.4, 0.5) is 21.9 Å². The zero-order valence-electron chi connectivity index (χ0n) is 14.7. The highest BCUT2D eigenvalue weighted by Gasteiger charge is 2.13. The van der Waals surface area contributed by atoms with E-state index < -0.39 is 36.8 Å². The van der Waals surface area contributed by atoms with Gasteiger partial charge in [0.15, 0.2) is 0 Å². The number of nitro benzene ring substituents is 1. The number of carbonyl (C=O) groups is 1. The molecule has 0 saturated heterocycles. The Hall–Kier alpha value is -3.23. The van der Waals surface area contributed by atoms with Gasteiger partial charge >= 0.3 is 6.03 Å². The summed E-state index contributed by atoms with van der Waals surface area (Å²) >= 11 is 0. The van der Waals surface area contributed by atoms with Gasteiger partial charge in [0, 0.05) is 30.1 Å².